The molecule has 0 amide bonds. The highest BCUT2D eigenvalue weighted by molar-refractivity contribution is 14.1. The molecule has 1 N–H and O–H groups in total. The molecule has 0 saturated carbocycles. The molecule has 19 heavy (non-hydrogen) atoms. The summed E-state index contributed by atoms with van der Waals surface area (Å²) in [5.41, 5.74) is 0. The molecule has 0 radical (unpaired) electrons. The number of hydrogen-bond donors (Lipinski definition) is 1. The molecule has 0 heterocycles. The zero-order valence-electron chi connectivity index (χ0n) is 12.6. The minimum atomic E-state index is -0.134. The average Bonchev–Trinajstić information content (AvgIpc) is 2.34. The Bertz CT molecular complexity index is 156. The van der Waals surface area contributed by atoms with Gasteiger partial charge in [0.2, 0.25) is 0 Å². The second-order valence-electron chi connectivity index (χ2n) is 5.68. The van der Waals surface area contributed by atoms with Crippen molar-refractivity contribution in [3.63, 3.8) is 0 Å². The van der Waals surface area contributed by atoms with Crippen LogP contribution in [0.1, 0.15) is 90.4 Å². The fourth-order valence-corrected chi connectivity index (χ4v) is 3.09. The fraction of sp³-hybridized carbons (Fsp3) is 1.00. The summed E-state index contributed by atoms with van der Waals surface area (Å²) < 4.78 is -0.134. The van der Waals surface area contributed by atoms with Crippen molar-refractivity contribution in [1.82, 2.24) is 0 Å². The van der Waals surface area contributed by atoms with Crippen LogP contribution < -0.4 is 0 Å². The highest BCUT2D eigenvalue weighted by Crippen LogP contribution is 2.15. The molecule has 116 valence electrons. The molecule has 0 aromatic rings. The summed E-state index contributed by atoms with van der Waals surface area (Å²) in [5.74, 6) is 0. The van der Waals surface area contributed by atoms with Gasteiger partial charge in [0, 0.05) is 4.83 Å². The van der Waals surface area contributed by atoms with Crippen LogP contribution in [0.2, 0.25) is 0 Å². The van der Waals surface area contributed by atoms with E-state index < -0.39 is 0 Å². The Morgan fingerprint density at radius 3 is 1.37 bits per heavy atom. The highest BCUT2D eigenvalue weighted by Gasteiger charge is 1.98. The van der Waals surface area contributed by atoms with E-state index in [9.17, 15) is 0 Å². The van der Waals surface area contributed by atoms with E-state index in [1.54, 1.807) is 0 Å². The molecular formula is C16H32BrIO. The number of halogens is 2. The molecule has 0 aliphatic heterocycles. The standard InChI is InChI=1S/C16H32BrIO/c1-15(17)13-11-9-7-5-3-2-4-6-8-10-12-14-16(18)19/h15-16,19H,2-14H2,1H3. The van der Waals surface area contributed by atoms with Crippen molar-refractivity contribution < 1.29 is 5.11 Å². The first-order valence-electron chi connectivity index (χ1n) is 8.09. The lowest BCUT2D eigenvalue weighted by molar-refractivity contribution is 0.263. The van der Waals surface area contributed by atoms with Crippen molar-refractivity contribution in [1.29, 1.82) is 0 Å². The quantitative estimate of drug-likeness (QED) is 0.181. The van der Waals surface area contributed by atoms with Crippen molar-refractivity contribution in [3.8, 4) is 0 Å². The van der Waals surface area contributed by atoms with Gasteiger partial charge in [-0.15, -0.1) is 0 Å². The summed E-state index contributed by atoms with van der Waals surface area (Å²) in [4.78, 5) is 0.695. The lowest BCUT2D eigenvalue weighted by Gasteiger charge is -2.04. The van der Waals surface area contributed by atoms with Crippen LogP contribution in [0.15, 0.2) is 0 Å². The molecule has 0 bridgehead atoms. The zero-order valence-corrected chi connectivity index (χ0v) is 16.3. The van der Waals surface area contributed by atoms with Crippen LogP contribution in [0.5, 0.6) is 0 Å². The van der Waals surface area contributed by atoms with Crippen LogP contribution in [-0.2, 0) is 0 Å². The molecule has 0 aliphatic carbocycles. The Labute approximate surface area is 142 Å². The molecule has 0 aromatic carbocycles. The molecule has 0 aliphatic rings. The summed E-state index contributed by atoms with van der Waals surface area (Å²) in [7, 11) is 0. The summed E-state index contributed by atoms with van der Waals surface area (Å²) in [6, 6.07) is 0. The number of hydrogen-bond acceptors (Lipinski definition) is 1. The molecule has 2 unspecified atom stereocenters. The van der Waals surface area contributed by atoms with Gasteiger partial charge in [-0.25, -0.2) is 0 Å². The van der Waals surface area contributed by atoms with E-state index in [0.29, 0.717) is 4.83 Å². The Morgan fingerprint density at radius 1 is 0.737 bits per heavy atom. The van der Waals surface area contributed by atoms with Crippen LogP contribution in [0, 0.1) is 0 Å². The van der Waals surface area contributed by atoms with Crippen molar-refractivity contribution >= 4 is 38.5 Å². The molecule has 1 nitrogen and oxygen atoms in total. The van der Waals surface area contributed by atoms with E-state index in [-0.39, 0.29) is 4.11 Å². The number of unbranched alkanes of at least 4 members (excludes halogenated alkanes) is 10. The first kappa shape index (κ1) is 20.2. The van der Waals surface area contributed by atoms with Crippen LogP contribution in [0.4, 0.5) is 0 Å². The van der Waals surface area contributed by atoms with Gasteiger partial charge in [0.1, 0.15) is 4.11 Å². The van der Waals surface area contributed by atoms with Gasteiger partial charge in [-0.3, -0.25) is 0 Å². The van der Waals surface area contributed by atoms with E-state index in [4.69, 9.17) is 5.11 Å². The third-order valence-corrected chi connectivity index (χ3v) is 4.62. The van der Waals surface area contributed by atoms with Crippen LogP contribution in [0.25, 0.3) is 0 Å². The molecule has 2 atom stereocenters. The first-order chi connectivity index (χ1) is 9.13. The Kier molecular flexibility index (Phi) is 16.5. The maximum Gasteiger partial charge on any atom is 0.105 e. The van der Waals surface area contributed by atoms with Gasteiger partial charge in [-0.1, -0.05) is 116 Å². The number of alkyl halides is 2. The monoisotopic (exact) mass is 446 g/mol. The van der Waals surface area contributed by atoms with Gasteiger partial charge in [0.15, 0.2) is 0 Å². The molecule has 3 heteroatoms. The van der Waals surface area contributed by atoms with Gasteiger partial charge >= 0.3 is 0 Å². The van der Waals surface area contributed by atoms with E-state index >= 15 is 0 Å². The predicted molar refractivity (Wildman–Crippen MR) is 98.4 cm³/mol. The largest absolute Gasteiger partial charge is 0.383 e. The topological polar surface area (TPSA) is 20.2 Å². The lowest BCUT2D eigenvalue weighted by Crippen LogP contribution is -1.93. The van der Waals surface area contributed by atoms with E-state index in [1.165, 1.54) is 77.0 Å². The zero-order chi connectivity index (χ0) is 14.3. The SMILES string of the molecule is CC(Br)CCCCCCCCCCCCCC(O)I. The second kappa shape index (κ2) is 15.6. The number of aliphatic hydroxyl groups excluding tert-OH is 1. The van der Waals surface area contributed by atoms with Crippen LogP contribution >= 0.6 is 38.5 Å². The Hall–Kier alpha value is 1.17. The van der Waals surface area contributed by atoms with Crippen molar-refractivity contribution in [3.05, 3.63) is 0 Å². The third-order valence-electron chi connectivity index (χ3n) is 3.54. The molecule has 0 fully saturated rings. The molecule has 0 saturated heterocycles. The fourth-order valence-electron chi connectivity index (χ4n) is 2.33. The minimum absolute atomic E-state index is 0.134. The summed E-state index contributed by atoms with van der Waals surface area (Å²) >= 11 is 5.69. The van der Waals surface area contributed by atoms with Gasteiger partial charge in [0.05, 0.1) is 0 Å². The van der Waals surface area contributed by atoms with Crippen LogP contribution in [0.3, 0.4) is 0 Å². The van der Waals surface area contributed by atoms with E-state index in [0.717, 1.165) is 6.42 Å². The molecule has 0 rings (SSSR count). The Morgan fingerprint density at radius 2 is 1.05 bits per heavy atom. The maximum absolute atomic E-state index is 9.13. The third kappa shape index (κ3) is 19.2. The van der Waals surface area contributed by atoms with Gasteiger partial charge in [0.25, 0.3) is 0 Å². The molecular weight excluding hydrogens is 415 g/mol. The van der Waals surface area contributed by atoms with Gasteiger partial charge < -0.3 is 5.11 Å². The maximum atomic E-state index is 9.13. The minimum Gasteiger partial charge on any atom is -0.383 e. The molecule has 0 aromatic heterocycles. The predicted octanol–water partition coefficient (Wildman–Crippen LogP) is 6.59. The smallest absolute Gasteiger partial charge is 0.105 e. The number of aliphatic hydroxyl groups is 1. The average molecular weight is 447 g/mol. The number of rotatable bonds is 14. The lowest BCUT2D eigenvalue weighted by atomic mass is 10.0. The van der Waals surface area contributed by atoms with Crippen molar-refractivity contribution in [2.24, 2.45) is 0 Å². The summed E-state index contributed by atoms with van der Waals surface area (Å²) in [6.07, 6.45) is 17.4. The molecule has 0 spiro atoms. The van der Waals surface area contributed by atoms with Gasteiger partial charge in [-0.05, 0) is 12.8 Å². The Balaban J connectivity index is 2.95. The highest BCUT2D eigenvalue weighted by atomic mass is 127. The van der Waals surface area contributed by atoms with Crippen molar-refractivity contribution in [2.75, 3.05) is 0 Å². The summed E-state index contributed by atoms with van der Waals surface area (Å²) in [5, 5.41) is 9.13. The summed E-state index contributed by atoms with van der Waals surface area (Å²) in [6.45, 7) is 2.24. The van der Waals surface area contributed by atoms with Gasteiger partial charge in [-0.2, -0.15) is 0 Å². The first-order valence-corrected chi connectivity index (χ1v) is 10.2. The normalized spacial score (nSPS) is 14.5. The van der Waals surface area contributed by atoms with Crippen molar-refractivity contribution in [2.45, 2.75) is 99.3 Å². The second-order valence-corrected chi connectivity index (χ2v) is 8.68. The van der Waals surface area contributed by atoms with Crippen LogP contribution in [-0.4, -0.2) is 14.0 Å². The van der Waals surface area contributed by atoms with E-state index in [1.807, 2.05) is 0 Å². The van der Waals surface area contributed by atoms with E-state index in [2.05, 4.69) is 45.4 Å².